The Morgan fingerprint density at radius 3 is 3.00 bits per heavy atom. The number of hydrogen-bond donors (Lipinski definition) is 2. The van der Waals surface area contributed by atoms with Gasteiger partial charge in [-0.05, 0) is 35.4 Å². The Labute approximate surface area is 129 Å². The molecular weight excluding hydrogens is 280 g/mol. The standard InChI is InChI=1S/C17H20N2OS/c1-2-14(15-8-5-11-21-15)19-17(20)16-13-7-4-3-6-12(13)9-10-18-16/h3-8,11,14,16,18H,2,9-10H2,1H3,(H,19,20). The average molecular weight is 300 g/mol. The number of carbonyl (C=O) groups excluding carboxylic acids is 1. The Morgan fingerprint density at radius 1 is 1.38 bits per heavy atom. The zero-order valence-corrected chi connectivity index (χ0v) is 13.0. The van der Waals surface area contributed by atoms with Crippen LogP contribution in [0.4, 0.5) is 0 Å². The third-order valence-corrected chi connectivity index (χ3v) is 4.97. The van der Waals surface area contributed by atoms with Gasteiger partial charge in [0.15, 0.2) is 0 Å². The van der Waals surface area contributed by atoms with Crippen molar-refractivity contribution in [2.24, 2.45) is 0 Å². The van der Waals surface area contributed by atoms with E-state index in [4.69, 9.17) is 0 Å². The van der Waals surface area contributed by atoms with E-state index in [-0.39, 0.29) is 18.0 Å². The Balaban J connectivity index is 1.77. The first-order chi connectivity index (χ1) is 10.3. The van der Waals surface area contributed by atoms with Crippen LogP contribution in [0, 0.1) is 0 Å². The molecule has 0 saturated carbocycles. The summed E-state index contributed by atoms with van der Waals surface area (Å²) < 4.78 is 0. The Bertz CT molecular complexity index is 609. The van der Waals surface area contributed by atoms with Crippen molar-refractivity contribution in [2.45, 2.75) is 31.8 Å². The molecule has 1 amide bonds. The molecule has 0 spiro atoms. The molecule has 0 fully saturated rings. The molecule has 0 radical (unpaired) electrons. The van der Waals surface area contributed by atoms with E-state index in [1.165, 1.54) is 10.4 Å². The number of nitrogens with one attached hydrogen (secondary N) is 2. The summed E-state index contributed by atoms with van der Waals surface area (Å²) in [6.45, 7) is 2.96. The molecule has 4 heteroatoms. The Morgan fingerprint density at radius 2 is 2.24 bits per heavy atom. The topological polar surface area (TPSA) is 41.1 Å². The molecule has 2 atom stereocenters. The van der Waals surface area contributed by atoms with E-state index in [0.29, 0.717) is 0 Å². The predicted molar refractivity (Wildman–Crippen MR) is 86.4 cm³/mol. The molecule has 0 bridgehead atoms. The summed E-state index contributed by atoms with van der Waals surface area (Å²) in [6.07, 6.45) is 1.89. The van der Waals surface area contributed by atoms with Gasteiger partial charge >= 0.3 is 0 Å². The summed E-state index contributed by atoms with van der Waals surface area (Å²) in [5.41, 5.74) is 2.39. The van der Waals surface area contributed by atoms with Crippen molar-refractivity contribution in [3.8, 4) is 0 Å². The van der Waals surface area contributed by atoms with Gasteiger partial charge in [-0.3, -0.25) is 4.79 Å². The van der Waals surface area contributed by atoms with Crippen molar-refractivity contribution in [1.82, 2.24) is 10.6 Å². The van der Waals surface area contributed by atoms with E-state index < -0.39 is 0 Å². The average Bonchev–Trinajstić information content (AvgIpc) is 3.06. The summed E-state index contributed by atoms with van der Waals surface area (Å²) in [7, 11) is 0. The molecule has 0 saturated heterocycles. The van der Waals surface area contributed by atoms with Crippen LogP contribution in [0.1, 0.15) is 41.4 Å². The van der Waals surface area contributed by atoms with Crippen molar-refractivity contribution in [2.75, 3.05) is 6.54 Å². The predicted octanol–water partition coefficient (Wildman–Crippen LogP) is 3.20. The Kier molecular flexibility index (Phi) is 4.36. The second-order valence-corrected chi connectivity index (χ2v) is 6.30. The molecule has 0 aliphatic carbocycles. The van der Waals surface area contributed by atoms with Crippen molar-refractivity contribution in [3.05, 3.63) is 57.8 Å². The summed E-state index contributed by atoms with van der Waals surface area (Å²) in [6, 6.07) is 12.2. The summed E-state index contributed by atoms with van der Waals surface area (Å²) in [5, 5.41) is 8.58. The highest BCUT2D eigenvalue weighted by molar-refractivity contribution is 7.10. The van der Waals surface area contributed by atoms with Crippen molar-refractivity contribution in [1.29, 1.82) is 0 Å². The maximum Gasteiger partial charge on any atom is 0.242 e. The highest BCUT2D eigenvalue weighted by Gasteiger charge is 2.27. The van der Waals surface area contributed by atoms with Crippen LogP contribution in [0.5, 0.6) is 0 Å². The lowest BCUT2D eigenvalue weighted by atomic mass is 9.93. The van der Waals surface area contributed by atoms with Gasteiger partial charge in [-0.15, -0.1) is 11.3 Å². The third-order valence-electron chi connectivity index (χ3n) is 3.98. The van der Waals surface area contributed by atoms with Gasteiger partial charge in [-0.25, -0.2) is 0 Å². The van der Waals surface area contributed by atoms with Gasteiger partial charge in [-0.1, -0.05) is 37.3 Å². The summed E-state index contributed by atoms with van der Waals surface area (Å²) in [5.74, 6) is 0.0717. The maximum atomic E-state index is 12.7. The molecule has 2 unspecified atom stereocenters. The van der Waals surface area contributed by atoms with Crippen LogP contribution in [0.15, 0.2) is 41.8 Å². The smallest absolute Gasteiger partial charge is 0.242 e. The first-order valence-corrected chi connectivity index (χ1v) is 8.32. The molecule has 1 aliphatic heterocycles. The van der Waals surface area contributed by atoms with E-state index in [1.807, 2.05) is 18.2 Å². The molecule has 3 nitrogen and oxygen atoms in total. The monoisotopic (exact) mass is 300 g/mol. The first kappa shape index (κ1) is 14.3. The molecule has 2 N–H and O–H groups in total. The number of hydrogen-bond acceptors (Lipinski definition) is 3. The van der Waals surface area contributed by atoms with Crippen LogP contribution in [0.3, 0.4) is 0 Å². The largest absolute Gasteiger partial charge is 0.347 e. The lowest BCUT2D eigenvalue weighted by molar-refractivity contribution is -0.124. The SMILES string of the molecule is CCC(NC(=O)C1NCCc2ccccc21)c1cccs1. The number of carbonyl (C=O) groups is 1. The van der Waals surface area contributed by atoms with Crippen LogP contribution < -0.4 is 10.6 Å². The van der Waals surface area contributed by atoms with Crippen LogP contribution in [-0.2, 0) is 11.2 Å². The van der Waals surface area contributed by atoms with Gasteiger partial charge in [0, 0.05) is 11.4 Å². The maximum absolute atomic E-state index is 12.7. The number of benzene rings is 1. The van der Waals surface area contributed by atoms with Crippen molar-refractivity contribution < 1.29 is 4.79 Å². The van der Waals surface area contributed by atoms with Gasteiger partial charge < -0.3 is 10.6 Å². The van der Waals surface area contributed by atoms with Crippen LogP contribution >= 0.6 is 11.3 Å². The highest BCUT2D eigenvalue weighted by Crippen LogP contribution is 2.26. The molecule has 1 aliphatic rings. The van der Waals surface area contributed by atoms with Gasteiger partial charge in [0.05, 0.1) is 6.04 Å². The molecule has 1 aromatic carbocycles. The zero-order valence-electron chi connectivity index (χ0n) is 12.1. The van der Waals surface area contributed by atoms with E-state index in [2.05, 4.69) is 41.1 Å². The quantitative estimate of drug-likeness (QED) is 0.910. The second kappa shape index (κ2) is 6.41. The van der Waals surface area contributed by atoms with E-state index in [9.17, 15) is 4.79 Å². The molecule has 1 aromatic heterocycles. The van der Waals surface area contributed by atoms with Gasteiger partial charge in [-0.2, -0.15) is 0 Å². The third kappa shape index (κ3) is 3.01. The minimum Gasteiger partial charge on any atom is -0.347 e. The normalized spacial score (nSPS) is 18.8. The Hall–Kier alpha value is -1.65. The van der Waals surface area contributed by atoms with Crippen molar-refractivity contribution in [3.63, 3.8) is 0 Å². The van der Waals surface area contributed by atoms with Crippen LogP contribution in [0.2, 0.25) is 0 Å². The number of amides is 1. The van der Waals surface area contributed by atoms with Crippen LogP contribution in [0.25, 0.3) is 0 Å². The van der Waals surface area contributed by atoms with E-state index in [1.54, 1.807) is 11.3 Å². The minimum absolute atomic E-state index is 0.0717. The van der Waals surface area contributed by atoms with Gasteiger partial charge in [0.1, 0.15) is 6.04 Å². The zero-order chi connectivity index (χ0) is 14.7. The summed E-state index contributed by atoms with van der Waals surface area (Å²) >= 11 is 1.69. The molecule has 2 aromatic rings. The fraction of sp³-hybridized carbons (Fsp3) is 0.353. The summed E-state index contributed by atoms with van der Waals surface area (Å²) in [4.78, 5) is 13.9. The van der Waals surface area contributed by atoms with E-state index in [0.717, 1.165) is 24.9 Å². The molecule has 21 heavy (non-hydrogen) atoms. The molecule has 2 heterocycles. The highest BCUT2D eigenvalue weighted by atomic mass is 32.1. The number of rotatable bonds is 4. The molecule has 110 valence electrons. The van der Waals surface area contributed by atoms with E-state index >= 15 is 0 Å². The lowest BCUT2D eigenvalue weighted by Crippen LogP contribution is -2.42. The second-order valence-electron chi connectivity index (χ2n) is 5.32. The van der Waals surface area contributed by atoms with Gasteiger partial charge in [0.25, 0.3) is 0 Å². The lowest BCUT2D eigenvalue weighted by Gasteiger charge is -2.27. The molecule has 3 rings (SSSR count). The first-order valence-electron chi connectivity index (χ1n) is 7.44. The fourth-order valence-corrected chi connectivity index (χ4v) is 3.72. The van der Waals surface area contributed by atoms with Gasteiger partial charge in [0.2, 0.25) is 5.91 Å². The van der Waals surface area contributed by atoms with Crippen molar-refractivity contribution >= 4 is 17.2 Å². The van der Waals surface area contributed by atoms with Crippen LogP contribution in [-0.4, -0.2) is 12.5 Å². The minimum atomic E-state index is -0.232. The molecular formula is C17H20N2OS. The number of thiophene rings is 1. The fourth-order valence-electron chi connectivity index (χ4n) is 2.86. The number of fused-ring (bicyclic) bond motifs is 1.